The van der Waals surface area contributed by atoms with Crippen molar-refractivity contribution in [1.29, 1.82) is 0 Å². The zero-order valence-corrected chi connectivity index (χ0v) is 14.5. The molecule has 0 bridgehead atoms. The fourth-order valence-corrected chi connectivity index (χ4v) is 2.75. The van der Waals surface area contributed by atoms with Crippen LogP contribution in [-0.2, 0) is 16.1 Å². The summed E-state index contributed by atoms with van der Waals surface area (Å²) in [4.78, 5) is 16.6. The molecule has 0 unspecified atom stereocenters. The molecular weight excluding hydrogens is 332 g/mol. The van der Waals surface area contributed by atoms with Crippen LogP contribution < -0.4 is 10.1 Å². The number of methoxy groups -OCH3 is 1. The fraction of sp³-hybridized carbons (Fsp3) is 0.300. The van der Waals surface area contributed by atoms with E-state index in [1.807, 2.05) is 42.5 Å². The standard InChI is InChI=1S/C20H20N2O4/c1-24-16-4-2-3-13(9-16)11-25-12-19(23)21-15-7-8-18-17(10-15)22-20(26-18)14-5-6-14/h2-4,7-10,14H,5-6,11-12H2,1H3,(H,21,23). The van der Waals surface area contributed by atoms with E-state index in [0.717, 1.165) is 41.1 Å². The van der Waals surface area contributed by atoms with Gasteiger partial charge in [0.25, 0.3) is 0 Å². The normalized spacial score (nSPS) is 13.7. The molecule has 1 aromatic heterocycles. The maximum atomic E-state index is 12.1. The first kappa shape index (κ1) is 16.6. The van der Waals surface area contributed by atoms with Crippen LogP contribution in [0.4, 0.5) is 5.69 Å². The Morgan fingerprint density at radius 1 is 1.27 bits per heavy atom. The van der Waals surface area contributed by atoms with Gasteiger partial charge in [0.05, 0.1) is 13.7 Å². The third-order valence-electron chi connectivity index (χ3n) is 4.25. The van der Waals surface area contributed by atoms with Gasteiger partial charge in [0.1, 0.15) is 17.9 Å². The number of nitrogens with zero attached hydrogens (tertiary/aromatic N) is 1. The third-order valence-corrected chi connectivity index (χ3v) is 4.25. The van der Waals surface area contributed by atoms with Gasteiger partial charge in [-0.1, -0.05) is 12.1 Å². The second-order valence-corrected chi connectivity index (χ2v) is 6.40. The highest BCUT2D eigenvalue weighted by atomic mass is 16.5. The Labute approximate surface area is 151 Å². The Hall–Kier alpha value is -2.86. The molecule has 0 spiro atoms. The number of hydrogen-bond donors (Lipinski definition) is 1. The van der Waals surface area contributed by atoms with Crippen molar-refractivity contribution < 1.29 is 18.7 Å². The minimum absolute atomic E-state index is 0.0264. The van der Waals surface area contributed by atoms with Crippen molar-refractivity contribution in [2.24, 2.45) is 0 Å². The number of anilines is 1. The van der Waals surface area contributed by atoms with Crippen molar-refractivity contribution in [3.63, 3.8) is 0 Å². The highest BCUT2D eigenvalue weighted by Crippen LogP contribution is 2.40. The van der Waals surface area contributed by atoms with E-state index in [1.54, 1.807) is 7.11 Å². The van der Waals surface area contributed by atoms with Crippen LogP contribution in [0.25, 0.3) is 11.1 Å². The molecule has 6 nitrogen and oxygen atoms in total. The summed E-state index contributed by atoms with van der Waals surface area (Å²) < 4.78 is 16.4. The van der Waals surface area contributed by atoms with Crippen LogP contribution in [0.15, 0.2) is 46.9 Å². The Morgan fingerprint density at radius 2 is 2.15 bits per heavy atom. The van der Waals surface area contributed by atoms with E-state index in [-0.39, 0.29) is 12.5 Å². The predicted octanol–water partition coefficient (Wildman–Crippen LogP) is 3.87. The molecule has 6 heteroatoms. The Bertz CT molecular complexity index is 930. The van der Waals surface area contributed by atoms with Gasteiger partial charge >= 0.3 is 0 Å². The number of amides is 1. The maximum absolute atomic E-state index is 12.1. The topological polar surface area (TPSA) is 73.6 Å². The predicted molar refractivity (Wildman–Crippen MR) is 97.3 cm³/mol. The summed E-state index contributed by atoms with van der Waals surface area (Å²) in [7, 11) is 1.62. The van der Waals surface area contributed by atoms with Crippen LogP contribution in [0.5, 0.6) is 5.75 Å². The van der Waals surface area contributed by atoms with Gasteiger partial charge in [0.2, 0.25) is 5.91 Å². The summed E-state index contributed by atoms with van der Waals surface area (Å²) in [5.41, 5.74) is 3.15. The van der Waals surface area contributed by atoms with Gasteiger partial charge in [-0.05, 0) is 48.7 Å². The molecule has 0 saturated heterocycles. The first-order valence-corrected chi connectivity index (χ1v) is 8.62. The van der Waals surface area contributed by atoms with E-state index in [2.05, 4.69) is 10.3 Å². The van der Waals surface area contributed by atoms with E-state index < -0.39 is 0 Å². The van der Waals surface area contributed by atoms with Crippen molar-refractivity contribution in [3.8, 4) is 5.75 Å². The lowest BCUT2D eigenvalue weighted by atomic mass is 10.2. The van der Waals surface area contributed by atoms with Gasteiger partial charge in [0, 0.05) is 11.6 Å². The molecule has 0 radical (unpaired) electrons. The molecule has 134 valence electrons. The summed E-state index contributed by atoms with van der Waals surface area (Å²) >= 11 is 0. The fourth-order valence-electron chi connectivity index (χ4n) is 2.75. The Morgan fingerprint density at radius 3 is 2.96 bits per heavy atom. The molecule has 1 saturated carbocycles. The number of benzene rings is 2. The van der Waals surface area contributed by atoms with E-state index in [9.17, 15) is 4.79 Å². The lowest BCUT2D eigenvalue weighted by Crippen LogP contribution is -2.18. The average Bonchev–Trinajstić information content (AvgIpc) is 3.41. The number of fused-ring (bicyclic) bond motifs is 1. The molecule has 1 fully saturated rings. The number of aromatic nitrogens is 1. The van der Waals surface area contributed by atoms with Crippen molar-refractivity contribution in [1.82, 2.24) is 4.98 Å². The summed E-state index contributed by atoms with van der Waals surface area (Å²) in [6.45, 7) is 0.319. The van der Waals surface area contributed by atoms with Crippen LogP contribution in [0.1, 0.15) is 30.2 Å². The molecule has 1 aliphatic rings. The Kier molecular flexibility index (Phi) is 4.58. The van der Waals surface area contributed by atoms with Crippen LogP contribution in [0, 0.1) is 0 Å². The molecule has 3 aromatic rings. The molecule has 0 atom stereocenters. The van der Waals surface area contributed by atoms with E-state index >= 15 is 0 Å². The number of ether oxygens (including phenoxy) is 2. The highest BCUT2D eigenvalue weighted by molar-refractivity contribution is 5.93. The van der Waals surface area contributed by atoms with Crippen LogP contribution in [-0.4, -0.2) is 24.6 Å². The molecule has 2 aromatic carbocycles. The number of carbonyl (C=O) groups excluding carboxylic acids is 1. The van der Waals surface area contributed by atoms with Gasteiger partial charge in [0.15, 0.2) is 11.5 Å². The highest BCUT2D eigenvalue weighted by Gasteiger charge is 2.28. The molecular formula is C20H20N2O4. The third kappa shape index (κ3) is 3.86. The molecule has 1 amide bonds. The van der Waals surface area contributed by atoms with Gasteiger partial charge in [-0.15, -0.1) is 0 Å². The second kappa shape index (κ2) is 7.17. The summed E-state index contributed by atoms with van der Waals surface area (Å²) in [5.74, 6) is 1.82. The van der Waals surface area contributed by atoms with Crippen molar-refractivity contribution in [3.05, 3.63) is 53.9 Å². The maximum Gasteiger partial charge on any atom is 0.250 e. The molecule has 0 aliphatic heterocycles. The van der Waals surface area contributed by atoms with Crippen molar-refractivity contribution in [2.75, 3.05) is 19.0 Å². The number of oxazole rings is 1. The quantitative estimate of drug-likeness (QED) is 0.699. The summed E-state index contributed by atoms with van der Waals surface area (Å²) in [5, 5.41) is 2.83. The van der Waals surface area contributed by atoms with Crippen LogP contribution >= 0.6 is 0 Å². The van der Waals surface area contributed by atoms with Crippen LogP contribution in [0.2, 0.25) is 0 Å². The second-order valence-electron chi connectivity index (χ2n) is 6.40. The van der Waals surface area contributed by atoms with E-state index in [4.69, 9.17) is 13.9 Å². The number of hydrogen-bond acceptors (Lipinski definition) is 5. The smallest absolute Gasteiger partial charge is 0.250 e. The van der Waals surface area contributed by atoms with Crippen molar-refractivity contribution in [2.45, 2.75) is 25.4 Å². The molecule has 26 heavy (non-hydrogen) atoms. The van der Waals surface area contributed by atoms with E-state index in [1.165, 1.54) is 0 Å². The summed E-state index contributed by atoms with van der Waals surface area (Å²) in [6, 6.07) is 13.0. The van der Waals surface area contributed by atoms with Gasteiger partial charge < -0.3 is 19.2 Å². The Balaban J connectivity index is 1.31. The lowest BCUT2D eigenvalue weighted by molar-refractivity contribution is -0.121. The number of rotatable bonds is 7. The first-order chi connectivity index (χ1) is 12.7. The van der Waals surface area contributed by atoms with Gasteiger partial charge in [-0.2, -0.15) is 0 Å². The van der Waals surface area contributed by atoms with Crippen LogP contribution in [0.3, 0.4) is 0 Å². The molecule has 1 heterocycles. The zero-order valence-electron chi connectivity index (χ0n) is 14.5. The van der Waals surface area contributed by atoms with E-state index in [0.29, 0.717) is 18.2 Å². The molecule has 1 aliphatic carbocycles. The minimum atomic E-state index is -0.210. The number of nitrogens with one attached hydrogen (secondary N) is 1. The largest absolute Gasteiger partial charge is 0.497 e. The summed E-state index contributed by atoms with van der Waals surface area (Å²) in [6.07, 6.45) is 2.28. The first-order valence-electron chi connectivity index (χ1n) is 8.62. The van der Waals surface area contributed by atoms with Crippen molar-refractivity contribution >= 4 is 22.7 Å². The SMILES string of the molecule is COc1cccc(COCC(=O)Nc2ccc3oc(C4CC4)nc3c2)c1. The minimum Gasteiger partial charge on any atom is -0.497 e. The molecule has 4 rings (SSSR count). The average molecular weight is 352 g/mol. The zero-order chi connectivity index (χ0) is 17.9. The van der Waals surface area contributed by atoms with Gasteiger partial charge in [-0.3, -0.25) is 4.79 Å². The lowest BCUT2D eigenvalue weighted by Gasteiger charge is -2.07. The van der Waals surface area contributed by atoms with Gasteiger partial charge in [-0.25, -0.2) is 4.98 Å². The monoisotopic (exact) mass is 352 g/mol. The number of carbonyl (C=O) groups is 1. The molecule has 1 N–H and O–H groups in total.